The van der Waals surface area contributed by atoms with Gasteiger partial charge in [-0.3, -0.25) is 4.79 Å². The van der Waals surface area contributed by atoms with Crippen molar-refractivity contribution in [1.29, 1.82) is 0 Å². The van der Waals surface area contributed by atoms with Crippen LogP contribution in [0.3, 0.4) is 0 Å². The fraction of sp³-hybridized carbons (Fsp3) is 0.500. The van der Waals surface area contributed by atoms with Gasteiger partial charge >= 0.3 is 11.9 Å². The zero-order valence-corrected chi connectivity index (χ0v) is 9.73. The lowest BCUT2D eigenvalue weighted by Gasteiger charge is -2.06. The number of carbonyl (C=O) groups excluding carboxylic acids is 1. The van der Waals surface area contributed by atoms with E-state index in [0.29, 0.717) is 12.8 Å². The summed E-state index contributed by atoms with van der Waals surface area (Å²) in [5, 5.41) is 8.39. The molecular formula is C12H18O4. The molecule has 0 aromatic rings. The Morgan fingerprint density at radius 2 is 2.06 bits per heavy atom. The van der Waals surface area contributed by atoms with Gasteiger partial charge in [0.1, 0.15) is 0 Å². The number of carbonyl (C=O) groups is 2. The van der Waals surface area contributed by atoms with Gasteiger partial charge in [0.25, 0.3) is 0 Å². The lowest BCUT2D eigenvalue weighted by Crippen LogP contribution is -2.11. The normalized spacial score (nSPS) is 10.7. The summed E-state index contributed by atoms with van der Waals surface area (Å²) < 4.78 is 4.92. The molecule has 0 spiro atoms. The molecule has 0 unspecified atom stereocenters. The third-order valence-corrected chi connectivity index (χ3v) is 1.69. The van der Waals surface area contributed by atoms with Crippen LogP contribution in [0.25, 0.3) is 0 Å². The smallest absolute Gasteiger partial charge is 0.337 e. The van der Waals surface area contributed by atoms with E-state index in [-0.39, 0.29) is 18.1 Å². The summed E-state index contributed by atoms with van der Waals surface area (Å²) in [5.41, 5.74) is 0.282. The van der Waals surface area contributed by atoms with Gasteiger partial charge in [0, 0.05) is 6.42 Å². The summed E-state index contributed by atoms with van der Waals surface area (Å²) in [5.74, 6) is -1.25. The van der Waals surface area contributed by atoms with Crippen molar-refractivity contribution < 1.29 is 19.4 Å². The minimum atomic E-state index is -0.813. The van der Waals surface area contributed by atoms with Gasteiger partial charge in [0.05, 0.1) is 11.7 Å². The monoisotopic (exact) mass is 226 g/mol. The van der Waals surface area contributed by atoms with E-state index in [1.807, 2.05) is 0 Å². The Kier molecular flexibility index (Phi) is 6.92. The number of esters is 1. The Hall–Kier alpha value is -1.58. The Labute approximate surface area is 95.6 Å². The van der Waals surface area contributed by atoms with Gasteiger partial charge in [0.2, 0.25) is 0 Å². The van der Waals surface area contributed by atoms with Crippen LogP contribution >= 0.6 is 0 Å². The molecule has 4 heteroatoms. The molecule has 90 valence electrons. The molecule has 0 aromatic carbocycles. The van der Waals surface area contributed by atoms with Crippen molar-refractivity contribution in [1.82, 2.24) is 0 Å². The molecule has 1 N–H and O–H groups in total. The fourth-order valence-corrected chi connectivity index (χ4v) is 0.955. The first-order valence-corrected chi connectivity index (χ1v) is 5.21. The molecule has 0 saturated carbocycles. The quantitative estimate of drug-likeness (QED) is 0.313. The standard InChI is InChI=1S/C12H18O4/c1-9(2)16-12(15)10(3)7-5-4-6-8-11(13)14/h5,7,9H,3-4,6,8H2,1-2H3,(H,13,14). The van der Waals surface area contributed by atoms with Crippen LogP contribution in [0, 0.1) is 0 Å². The maximum Gasteiger partial charge on any atom is 0.337 e. The first kappa shape index (κ1) is 14.4. The summed E-state index contributed by atoms with van der Waals surface area (Å²) >= 11 is 0. The highest BCUT2D eigenvalue weighted by Gasteiger charge is 2.06. The Morgan fingerprint density at radius 1 is 1.44 bits per heavy atom. The first-order valence-electron chi connectivity index (χ1n) is 5.21. The molecule has 16 heavy (non-hydrogen) atoms. The molecule has 0 heterocycles. The van der Waals surface area contributed by atoms with Crippen LogP contribution in [-0.4, -0.2) is 23.1 Å². The molecule has 0 aliphatic carbocycles. The topological polar surface area (TPSA) is 63.6 Å². The van der Waals surface area contributed by atoms with E-state index in [2.05, 4.69) is 6.58 Å². The molecule has 0 fully saturated rings. The second-order valence-electron chi connectivity index (χ2n) is 3.67. The van der Waals surface area contributed by atoms with Gasteiger partial charge in [-0.25, -0.2) is 4.79 Å². The van der Waals surface area contributed by atoms with E-state index in [9.17, 15) is 9.59 Å². The van der Waals surface area contributed by atoms with E-state index < -0.39 is 11.9 Å². The number of carboxylic acids is 1. The minimum absolute atomic E-state index is 0.132. The summed E-state index contributed by atoms with van der Waals surface area (Å²) in [4.78, 5) is 21.5. The van der Waals surface area contributed by atoms with Crippen molar-refractivity contribution in [2.24, 2.45) is 0 Å². The molecule has 0 amide bonds. The molecule has 0 aliphatic heterocycles. The molecule has 0 bridgehead atoms. The Morgan fingerprint density at radius 3 is 2.56 bits per heavy atom. The summed E-state index contributed by atoms with van der Waals surface area (Å²) in [7, 11) is 0. The van der Waals surface area contributed by atoms with E-state index in [0.717, 1.165) is 0 Å². The number of rotatable bonds is 7. The summed E-state index contributed by atoms with van der Waals surface area (Å²) in [6.07, 6.45) is 4.43. The second kappa shape index (κ2) is 7.68. The van der Waals surface area contributed by atoms with Crippen LogP contribution in [0.15, 0.2) is 24.3 Å². The number of allylic oxidation sites excluding steroid dienone is 1. The van der Waals surface area contributed by atoms with Crippen molar-refractivity contribution in [3.63, 3.8) is 0 Å². The average Bonchev–Trinajstić information content (AvgIpc) is 2.15. The van der Waals surface area contributed by atoms with Crippen molar-refractivity contribution in [2.75, 3.05) is 0 Å². The third kappa shape index (κ3) is 7.79. The lowest BCUT2D eigenvalue weighted by molar-refractivity contribution is -0.142. The molecule has 0 rings (SSSR count). The summed E-state index contributed by atoms with van der Waals surface area (Å²) in [6, 6.07) is 0. The van der Waals surface area contributed by atoms with Crippen LogP contribution in [0.1, 0.15) is 33.1 Å². The van der Waals surface area contributed by atoms with E-state index in [4.69, 9.17) is 9.84 Å². The van der Waals surface area contributed by atoms with Gasteiger partial charge < -0.3 is 9.84 Å². The molecule has 0 saturated heterocycles. The predicted molar refractivity (Wildman–Crippen MR) is 61.0 cm³/mol. The van der Waals surface area contributed by atoms with Crippen LogP contribution in [-0.2, 0) is 14.3 Å². The van der Waals surface area contributed by atoms with E-state index in [1.165, 1.54) is 0 Å². The number of hydrogen-bond acceptors (Lipinski definition) is 3. The molecule has 0 aliphatic rings. The Bertz CT molecular complexity index is 289. The number of unbranched alkanes of at least 4 members (excludes halogenated alkanes) is 1. The second-order valence-corrected chi connectivity index (χ2v) is 3.67. The third-order valence-electron chi connectivity index (χ3n) is 1.69. The van der Waals surface area contributed by atoms with Crippen LogP contribution < -0.4 is 0 Å². The van der Waals surface area contributed by atoms with Gasteiger partial charge in [-0.05, 0) is 26.7 Å². The highest BCUT2D eigenvalue weighted by molar-refractivity contribution is 5.90. The van der Waals surface area contributed by atoms with Gasteiger partial charge in [-0.15, -0.1) is 0 Å². The number of carboxylic acid groups (broad SMARTS) is 1. The van der Waals surface area contributed by atoms with Crippen LogP contribution in [0.4, 0.5) is 0 Å². The highest BCUT2D eigenvalue weighted by Crippen LogP contribution is 2.03. The fourth-order valence-electron chi connectivity index (χ4n) is 0.955. The van der Waals surface area contributed by atoms with E-state index in [1.54, 1.807) is 26.0 Å². The predicted octanol–water partition coefficient (Wildman–Crippen LogP) is 2.31. The Balaban J connectivity index is 3.82. The van der Waals surface area contributed by atoms with E-state index >= 15 is 0 Å². The van der Waals surface area contributed by atoms with Crippen molar-refractivity contribution >= 4 is 11.9 Å². The van der Waals surface area contributed by atoms with Crippen molar-refractivity contribution in [3.05, 3.63) is 24.3 Å². The number of aliphatic carboxylic acids is 1. The molecule has 0 atom stereocenters. The van der Waals surface area contributed by atoms with Gasteiger partial charge in [-0.2, -0.15) is 0 Å². The maximum absolute atomic E-state index is 11.3. The first-order chi connectivity index (χ1) is 7.43. The van der Waals surface area contributed by atoms with Crippen LogP contribution in [0.2, 0.25) is 0 Å². The summed E-state index contributed by atoms with van der Waals surface area (Å²) in [6.45, 7) is 7.09. The van der Waals surface area contributed by atoms with Crippen LogP contribution in [0.5, 0.6) is 0 Å². The number of hydrogen-bond donors (Lipinski definition) is 1. The molecule has 0 aromatic heterocycles. The lowest BCUT2D eigenvalue weighted by atomic mass is 10.2. The zero-order valence-electron chi connectivity index (χ0n) is 9.73. The largest absolute Gasteiger partial charge is 0.481 e. The molecule has 0 radical (unpaired) electrons. The van der Waals surface area contributed by atoms with Gasteiger partial charge in [-0.1, -0.05) is 18.7 Å². The molecular weight excluding hydrogens is 208 g/mol. The average molecular weight is 226 g/mol. The highest BCUT2D eigenvalue weighted by atomic mass is 16.5. The zero-order chi connectivity index (χ0) is 12.6. The van der Waals surface area contributed by atoms with Crippen molar-refractivity contribution in [2.45, 2.75) is 39.2 Å². The minimum Gasteiger partial charge on any atom is -0.481 e. The van der Waals surface area contributed by atoms with Gasteiger partial charge in [0.15, 0.2) is 0 Å². The maximum atomic E-state index is 11.3. The number of ether oxygens (including phenoxy) is 1. The molecule has 4 nitrogen and oxygen atoms in total. The van der Waals surface area contributed by atoms with Crippen molar-refractivity contribution in [3.8, 4) is 0 Å². The SMILES string of the molecule is C=C(C=CCCCC(=O)O)C(=O)OC(C)C.